The van der Waals surface area contributed by atoms with Crippen molar-refractivity contribution in [3.8, 4) is 0 Å². The second-order valence-electron chi connectivity index (χ2n) is 6.48. The first kappa shape index (κ1) is 16.8. The molecule has 1 atom stereocenters. The first-order valence-corrected chi connectivity index (χ1v) is 8.57. The number of rotatable bonds is 3. The van der Waals surface area contributed by atoms with Crippen LogP contribution in [0.3, 0.4) is 0 Å². The molecule has 0 unspecified atom stereocenters. The molecule has 0 radical (unpaired) electrons. The normalized spacial score (nSPS) is 21.6. The summed E-state index contributed by atoms with van der Waals surface area (Å²) in [5, 5.41) is 0. The van der Waals surface area contributed by atoms with Crippen molar-refractivity contribution < 1.29 is 14.3 Å². The summed E-state index contributed by atoms with van der Waals surface area (Å²) in [5.74, 6) is 0.425. The Morgan fingerprint density at radius 3 is 2.75 bits per heavy atom. The maximum absolute atomic E-state index is 12.5. The minimum absolute atomic E-state index is 0.0818. The molecule has 1 aromatic rings. The maximum Gasteiger partial charge on any atom is 0.274 e. The standard InChI is InChI=1S/C17H24N4O3/c1-13(22)21-4-2-3-14(12-21)9-15-10-18-11-16(19-15)17(23)20-5-7-24-8-6-20/h10-11,14H,2-9,12H2,1H3/t14-/m0/s1. The Morgan fingerprint density at radius 1 is 1.21 bits per heavy atom. The van der Waals surface area contributed by atoms with Gasteiger partial charge in [0.15, 0.2) is 0 Å². The number of hydrogen-bond acceptors (Lipinski definition) is 5. The SMILES string of the molecule is CC(=O)N1CCC[C@@H](Cc2cncc(C(=O)N3CCOCC3)n2)C1. The van der Waals surface area contributed by atoms with E-state index >= 15 is 0 Å². The van der Waals surface area contributed by atoms with Crippen LogP contribution >= 0.6 is 0 Å². The third kappa shape index (κ3) is 4.08. The molecule has 2 aliphatic heterocycles. The average Bonchev–Trinajstić information content (AvgIpc) is 2.62. The summed E-state index contributed by atoms with van der Waals surface area (Å²) in [6.45, 7) is 5.56. The minimum atomic E-state index is -0.0818. The molecule has 2 saturated heterocycles. The van der Waals surface area contributed by atoms with Gasteiger partial charge in [0.05, 0.1) is 25.1 Å². The Bertz CT molecular complexity index is 601. The molecule has 1 aromatic heterocycles. The summed E-state index contributed by atoms with van der Waals surface area (Å²) >= 11 is 0. The molecule has 24 heavy (non-hydrogen) atoms. The Morgan fingerprint density at radius 2 is 2.00 bits per heavy atom. The highest BCUT2D eigenvalue weighted by atomic mass is 16.5. The smallest absolute Gasteiger partial charge is 0.274 e. The van der Waals surface area contributed by atoms with Gasteiger partial charge in [-0.25, -0.2) is 4.98 Å². The zero-order chi connectivity index (χ0) is 16.9. The monoisotopic (exact) mass is 332 g/mol. The van der Waals surface area contributed by atoms with Crippen LogP contribution in [-0.2, 0) is 16.0 Å². The molecular weight excluding hydrogens is 308 g/mol. The summed E-state index contributed by atoms with van der Waals surface area (Å²) in [5.41, 5.74) is 1.22. The van der Waals surface area contributed by atoms with Crippen molar-refractivity contribution in [3.63, 3.8) is 0 Å². The van der Waals surface area contributed by atoms with Crippen LogP contribution in [-0.4, -0.2) is 71.0 Å². The topological polar surface area (TPSA) is 75.6 Å². The number of piperidine rings is 1. The van der Waals surface area contributed by atoms with Crippen molar-refractivity contribution in [2.45, 2.75) is 26.2 Å². The molecular formula is C17H24N4O3. The summed E-state index contributed by atoms with van der Waals surface area (Å²) in [6, 6.07) is 0. The molecule has 2 fully saturated rings. The third-order valence-corrected chi connectivity index (χ3v) is 4.66. The van der Waals surface area contributed by atoms with Crippen LogP contribution in [0.2, 0.25) is 0 Å². The summed E-state index contributed by atoms with van der Waals surface area (Å²) in [6.07, 6.45) is 6.10. The van der Waals surface area contributed by atoms with Crippen molar-refractivity contribution in [1.82, 2.24) is 19.8 Å². The van der Waals surface area contributed by atoms with Gasteiger partial charge in [-0.3, -0.25) is 14.6 Å². The molecule has 0 spiro atoms. The van der Waals surface area contributed by atoms with Gasteiger partial charge in [0.25, 0.3) is 5.91 Å². The highest BCUT2D eigenvalue weighted by molar-refractivity contribution is 5.92. The van der Waals surface area contributed by atoms with Gasteiger partial charge in [0.2, 0.25) is 5.91 Å². The number of likely N-dealkylation sites (tertiary alicyclic amines) is 1. The predicted octanol–water partition coefficient (Wildman–Crippen LogP) is 0.750. The third-order valence-electron chi connectivity index (χ3n) is 4.66. The highest BCUT2D eigenvalue weighted by Gasteiger charge is 2.24. The van der Waals surface area contributed by atoms with Crippen molar-refractivity contribution in [2.24, 2.45) is 5.92 Å². The molecule has 7 heteroatoms. The Hall–Kier alpha value is -2.02. The number of amides is 2. The van der Waals surface area contributed by atoms with Gasteiger partial charge in [0.1, 0.15) is 5.69 Å². The zero-order valence-corrected chi connectivity index (χ0v) is 14.1. The lowest BCUT2D eigenvalue weighted by Crippen LogP contribution is -2.41. The van der Waals surface area contributed by atoms with Crippen LogP contribution in [0.4, 0.5) is 0 Å². The van der Waals surface area contributed by atoms with E-state index in [4.69, 9.17) is 4.74 Å². The van der Waals surface area contributed by atoms with Gasteiger partial charge in [-0.1, -0.05) is 0 Å². The molecule has 3 heterocycles. The van der Waals surface area contributed by atoms with Crippen LogP contribution < -0.4 is 0 Å². The number of nitrogens with zero attached hydrogens (tertiary/aromatic N) is 4. The van der Waals surface area contributed by atoms with Crippen LogP contribution in [0.25, 0.3) is 0 Å². The van der Waals surface area contributed by atoms with Gasteiger partial charge in [0, 0.05) is 39.3 Å². The molecule has 3 rings (SSSR count). The summed E-state index contributed by atoms with van der Waals surface area (Å²) in [4.78, 5) is 36.4. The lowest BCUT2D eigenvalue weighted by atomic mass is 9.93. The summed E-state index contributed by atoms with van der Waals surface area (Å²) < 4.78 is 5.28. The number of ether oxygens (including phenoxy) is 1. The molecule has 0 aliphatic carbocycles. The fourth-order valence-corrected chi connectivity index (χ4v) is 3.35. The molecule has 2 aliphatic rings. The number of aromatic nitrogens is 2. The summed E-state index contributed by atoms with van der Waals surface area (Å²) in [7, 11) is 0. The van der Waals surface area contributed by atoms with Gasteiger partial charge in [-0.05, 0) is 25.2 Å². The maximum atomic E-state index is 12.5. The van der Waals surface area contributed by atoms with E-state index in [9.17, 15) is 9.59 Å². The lowest BCUT2D eigenvalue weighted by Gasteiger charge is -2.32. The van der Waals surface area contributed by atoms with Gasteiger partial charge in [-0.2, -0.15) is 0 Å². The van der Waals surface area contributed by atoms with Crippen LogP contribution in [0.15, 0.2) is 12.4 Å². The van der Waals surface area contributed by atoms with E-state index in [1.54, 1.807) is 18.0 Å². The molecule has 0 N–H and O–H groups in total. The molecule has 0 aromatic carbocycles. The van der Waals surface area contributed by atoms with Crippen molar-refractivity contribution in [1.29, 1.82) is 0 Å². The molecule has 2 amide bonds. The lowest BCUT2D eigenvalue weighted by molar-refractivity contribution is -0.130. The molecule has 7 nitrogen and oxygen atoms in total. The number of morpholine rings is 1. The fourth-order valence-electron chi connectivity index (χ4n) is 3.35. The second-order valence-corrected chi connectivity index (χ2v) is 6.48. The number of carbonyl (C=O) groups excluding carboxylic acids is 2. The van der Waals surface area contributed by atoms with Crippen molar-refractivity contribution in [2.75, 3.05) is 39.4 Å². The van der Waals surface area contributed by atoms with Gasteiger partial charge >= 0.3 is 0 Å². The average molecular weight is 332 g/mol. The van der Waals surface area contributed by atoms with E-state index in [0.29, 0.717) is 37.9 Å². The Labute approximate surface area is 142 Å². The van der Waals surface area contributed by atoms with Crippen LogP contribution in [0.5, 0.6) is 0 Å². The fraction of sp³-hybridized carbons (Fsp3) is 0.647. The first-order chi connectivity index (χ1) is 11.6. The van der Waals surface area contributed by atoms with E-state index in [2.05, 4.69) is 9.97 Å². The van der Waals surface area contributed by atoms with E-state index in [0.717, 1.165) is 38.0 Å². The largest absolute Gasteiger partial charge is 0.378 e. The molecule has 0 saturated carbocycles. The number of hydrogen-bond donors (Lipinski definition) is 0. The van der Waals surface area contributed by atoms with E-state index < -0.39 is 0 Å². The van der Waals surface area contributed by atoms with Crippen molar-refractivity contribution in [3.05, 3.63) is 23.8 Å². The van der Waals surface area contributed by atoms with Gasteiger partial charge in [-0.15, -0.1) is 0 Å². The van der Waals surface area contributed by atoms with E-state index in [1.165, 1.54) is 6.20 Å². The second kappa shape index (κ2) is 7.70. The molecule has 0 bridgehead atoms. The quantitative estimate of drug-likeness (QED) is 0.816. The van der Waals surface area contributed by atoms with E-state index in [-0.39, 0.29) is 11.8 Å². The number of carbonyl (C=O) groups is 2. The zero-order valence-electron chi connectivity index (χ0n) is 14.1. The van der Waals surface area contributed by atoms with Crippen LogP contribution in [0, 0.1) is 5.92 Å². The van der Waals surface area contributed by atoms with Gasteiger partial charge < -0.3 is 14.5 Å². The minimum Gasteiger partial charge on any atom is -0.378 e. The van der Waals surface area contributed by atoms with E-state index in [1.807, 2.05) is 4.90 Å². The first-order valence-electron chi connectivity index (χ1n) is 8.57. The predicted molar refractivity (Wildman–Crippen MR) is 87.4 cm³/mol. The Kier molecular flexibility index (Phi) is 5.40. The molecule has 130 valence electrons. The van der Waals surface area contributed by atoms with Crippen LogP contribution in [0.1, 0.15) is 35.9 Å². The van der Waals surface area contributed by atoms with Crippen molar-refractivity contribution >= 4 is 11.8 Å². The Balaban J connectivity index is 1.64. The highest BCUT2D eigenvalue weighted by Crippen LogP contribution is 2.20.